The Morgan fingerprint density at radius 1 is 1.15 bits per heavy atom. The molecule has 176 valence electrons. The van der Waals surface area contributed by atoms with Gasteiger partial charge in [-0.3, -0.25) is 14.4 Å². The van der Waals surface area contributed by atoms with Gasteiger partial charge in [0.25, 0.3) is 5.91 Å². The van der Waals surface area contributed by atoms with Crippen LogP contribution in [-0.4, -0.2) is 46.7 Å². The lowest BCUT2D eigenvalue weighted by atomic mass is 9.94. The second-order valence-electron chi connectivity index (χ2n) is 8.76. The first kappa shape index (κ1) is 24.0. The second kappa shape index (κ2) is 10.4. The van der Waals surface area contributed by atoms with Crippen molar-refractivity contribution in [3.8, 4) is 0 Å². The van der Waals surface area contributed by atoms with E-state index in [-0.39, 0.29) is 30.1 Å². The third-order valence-electron chi connectivity index (χ3n) is 6.35. The first-order chi connectivity index (χ1) is 16.4. The van der Waals surface area contributed by atoms with Crippen LogP contribution >= 0.6 is 15.9 Å². The minimum absolute atomic E-state index is 0.0923. The topological polar surface area (TPSA) is 71.4 Å². The molecule has 1 fully saturated rings. The molecule has 7 heteroatoms. The largest absolute Gasteiger partial charge is 0.352 e. The molecule has 1 saturated heterocycles. The molecule has 3 aromatic rings. The number of nitrogens with zero attached hydrogens (tertiary/aromatic N) is 2. The van der Waals surface area contributed by atoms with Crippen LogP contribution in [-0.2, 0) is 22.6 Å². The number of hydrogen-bond donors (Lipinski definition) is 1. The van der Waals surface area contributed by atoms with E-state index in [1.165, 1.54) is 11.6 Å². The number of benzene rings is 2. The lowest BCUT2D eigenvalue weighted by Crippen LogP contribution is -2.50. The quantitative estimate of drug-likeness (QED) is 0.427. The Bertz CT molecular complexity index is 1240. The highest BCUT2D eigenvalue weighted by molar-refractivity contribution is 9.10. The fourth-order valence-electron chi connectivity index (χ4n) is 4.57. The molecule has 1 aliphatic rings. The molecule has 2 heterocycles. The van der Waals surface area contributed by atoms with E-state index in [9.17, 15) is 14.4 Å². The maximum atomic E-state index is 13.2. The summed E-state index contributed by atoms with van der Waals surface area (Å²) < 4.78 is 2.81. The van der Waals surface area contributed by atoms with Crippen molar-refractivity contribution in [2.45, 2.75) is 26.3 Å². The smallest absolute Gasteiger partial charge is 0.253 e. The fourth-order valence-corrected chi connectivity index (χ4v) is 4.93. The minimum Gasteiger partial charge on any atom is -0.352 e. The summed E-state index contributed by atoms with van der Waals surface area (Å²) in [5.41, 5.74) is 3.40. The molecular formula is C27H28BrN3O3. The number of aromatic nitrogens is 1. The van der Waals surface area contributed by atoms with Crippen molar-refractivity contribution < 1.29 is 14.4 Å². The number of hydrogen-bond acceptors (Lipinski definition) is 3. The van der Waals surface area contributed by atoms with Crippen LogP contribution in [0, 0.1) is 12.8 Å². The number of amides is 2. The van der Waals surface area contributed by atoms with Gasteiger partial charge in [0, 0.05) is 53.0 Å². The molecule has 6 nitrogen and oxygen atoms in total. The van der Waals surface area contributed by atoms with E-state index in [1.807, 2.05) is 60.0 Å². The Hall–Kier alpha value is -3.19. The lowest BCUT2D eigenvalue weighted by molar-refractivity contribution is -0.134. The van der Waals surface area contributed by atoms with E-state index >= 15 is 0 Å². The Morgan fingerprint density at radius 3 is 2.59 bits per heavy atom. The number of likely N-dealkylation sites (tertiary alicyclic amines) is 1. The summed E-state index contributed by atoms with van der Waals surface area (Å²) in [5.74, 6) is 0.0350. The molecule has 1 N–H and O–H groups in total. The van der Waals surface area contributed by atoms with Crippen LogP contribution in [0.15, 0.2) is 65.7 Å². The lowest BCUT2D eigenvalue weighted by Gasteiger charge is -2.38. The van der Waals surface area contributed by atoms with Gasteiger partial charge in [-0.15, -0.1) is 0 Å². The van der Waals surface area contributed by atoms with Crippen LogP contribution in [0.25, 0.3) is 10.9 Å². The summed E-state index contributed by atoms with van der Waals surface area (Å²) in [6.45, 7) is 7.30. The summed E-state index contributed by atoms with van der Waals surface area (Å²) >= 11 is 3.51. The van der Waals surface area contributed by atoms with Gasteiger partial charge < -0.3 is 14.8 Å². The Labute approximate surface area is 207 Å². The number of carbonyl (C=O) groups excluding carboxylic acids is 3. The van der Waals surface area contributed by atoms with Crippen LogP contribution in [0.1, 0.15) is 28.0 Å². The Kier molecular flexibility index (Phi) is 7.32. The molecule has 0 saturated carbocycles. The summed E-state index contributed by atoms with van der Waals surface area (Å²) in [6, 6.07) is 15.8. The van der Waals surface area contributed by atoms with E-state index in [2.05, 4.69) is 27.8 Å². The van der Waals surface area contributed by atoms with E-state index in [4.69, 9.17) is 0 Å². The van der Waals surface area contributed by atoms with Crippen molar-refractivity contribution in [1.29, 1.82) is 0 Å². The molecule has 1 aliphatic heterocycles. The molecule has 34 heavy (non-hydrogen) atoms. The number of nitrogens with one attached hydrogen (secondary N) is 1. The predicted octanol–water partition coefficient (Wildman–Crippen LogP) is 4.29. The normalized spacial score (nSPS) is 13.5. The van der Waals surface area contributed by atoms with Crippen LogP contribution in [0.5, 0.6) is 0 Å². The van der Waals surface area contributed by atoms with Crippen LogP contribution in [0.3, 0.4) is 0 Å². The van der Waals surface area contributed by atoms with Crippen molar-refractivity contribution >= 4 is 44.4 Å². The molecular weight excluding hydrogens is 494 g/mol. The van der Waals surface area contributed by atoms with Crippen molar-refractivity contribution in [3.05, 3.63) is 82.5 Å². The third-order valence-corrected chi connectivity index (χ3v) is 6.84. The number of halogens is 1. The van der Waals surface area contributed by atoms with Gasteiger partial charge in [0.05, 0.1) is 12.1 Å². The zero-order chi connectivity index (χ0) is 24.2. The summed E-state index contributed by atoms with van der Waals surface area (Å²) in [4.78, 5) is 39.4. The van der Waals surface area contributed by atoms with Gasteiger partial charge in [-0.2, -0.15) is 0 Å². The highest BCUT2D eigenvalue weighted by Gasteiger charge is 2.31. The monoisotopic (exact) mass is 521 g/mol. The number of fused-ring (bicyclic) bond motifs is 1. The number of carbonyl (C=O) groups is 3. The molecule has 1 aromatic heterocycles. The van der Waals surface area contributed by atoms with Gasteiger partial charge in [0.2, 0.25) is 5.91 Å². The van der Waals surface area contributed by atoms with E-state index in [0.717, 1.165) is 27.5 Å². The zero-order valence-corrected chi connectivity index (χ0v) is 20.8. The average Bonchev–Trinajstić information content (AvgIpc) is 3.06. The SMILES string of the molecule is C=CC(=O)N1CC(CC(=O)Cn2c(C)c(C(=O)NCCc3ccccc3)c3cc(Br)ccc32)C1. The van der Waals surface area contributed by atoms with E-state index in [1.54, 1.807) is 4.90 Å². The van der Waals surface area contributed by atoms with Crippen molar-refractivity contribution in [2.24, 2.45) is 5.92 Å². The molecule has 2 aromatic carbocycles. The van der Waals surface area contributed by atoms with Crippen LogP contribution in [0.4, 0.5) is 0 Å². The third kappa shape index (κ3) is 5.14. The van der Waals surface area contributed by atoms with Crippen LogP contribution in [0.2, 0.25) is 0 Å². The maximum absolute atomic E-state index is 13.2. The summed E-state index contributed by atoms with van der Waals surface area (Å²) in [7, 11) is 0. The molecule has 0 unspecified atom stereocenters. The first-order valence-corrected chi connectivity index (χ1v) is 12.2. The number of ketones is 1. The van der Waals surface area contributed by atoms with Crippen molar-refractivity contribution in [1.82, 2.24) is 14.8 Å². The van der Waals surface area contributed by atoms with Crippen molar-refractivity contribution in [3.63, 3.8) is 0 Å². The van der Waals surface area contributed by atoms with Crippen molar-refractivity contribution in [2.75, 3.05) is 19.6 Å². The zero-order valence-electron chi connectivity index (χ0n) is 19.2. The number of rotatable bonds is 9. The summed E-state index contributed by atoms with van der Waals surface area (Å²) in [5, 5.41) is 3.86. The molecule has 0 aliphatic carbocycles. The van der Waals surface area contributed by atoms with Gasteiger partial charge in [-0.05, 0) is 43.2 Å². The summed E-state index contributed by atoms with van der Waals surface area (Å²) in [6.07, 6.45) is 2.46. The van der Waals surface area contributed by atoms with Gasteiger partial charge in [0.1, 0.15) is 0 Å². The van der Waals surface area contributed by atoms with Gasteiger partial charge in [-0.25, -0.2) is 0 Å². The number of Topliss-reactive ketones (excluding diaryl/α,β-unsaturated/α-hetero) is 1. The fraction of sp³-hybridized carbons (Fsp3) is 0.296. The van der Waals surface area contributed by atoms with E-state index in [0.29, 0.717) is 31.6 Å². The van der Waals surface area contributed by atoms with E-state index < -0.39 is 0 Å². The predicted molar refractivity (Wildman–Crippen MR) is 137 cm³/mol. The first-order valence-electron chi connectivity index (χ1n) is 11.4. The molecule has 2 amide bonds. The Balaban J connectivity index is 1.48. The molecule has 0 spiro atoms. The maximum Gasteiger partial charge on any atom is 0.253 e. The highest BCUT2D eigenvalue weighted by Crippen LogP contribution is 2.29. The molecule has 0 atom stereocenters. The molecule has 4 rings (SSSR count). The van der Waals surface area contributed by atoms with Crippen LogP contribution < -0.4 is 5.32 Å². The van der Waals surface area contributed by atoms with Gasteiger partial charge in [0.15, 0.2) is 5.78 Å². The Morgan fingerprint density at radius 2 is 1.88 bits per heavy atom. The standard InChI is InChI=1S/C27H28BrN3O3/c1-3-25(33)30-15-20(16-30)13-22(32)17-31-18(2)26(23-14-21(28)9-10-24(23)31)27(34)29-12-11-19-7-5-4-6-8-19/h3-10,14,20H,1,11-13,15-17H2,2H3,(H,29,34). The average molecular weight is 522 g/mol. The second-order valence-corrected chi connectivity index (χ2v) is 9.67. The van der Waals surface area contributed by atoms with Gasteiger partial charge in [-0.1, -0.05) is 52.8 Å². The minimum atomic E-state index is -0.139. The van der Waals surface area contributed by atoms with Gasteiger partial charge >= 0.3 is 0 Å². The molecule has 0 bridgehead atoms. The highest BCUT2D eigenvalue weighted by atomic mass is 79.9. The molecule has 0 radical (unpaired) electrons.